The van der Waals surface area contributed by atoms with E-state index in [0.29, 0.717) is 5.56 Å². The Kier molecular flexibility index (Phi) is 13.3. The van der Waals surface area contributed by atoms with Crippen LogP contribution in [-0.2, 0) is 25.7 Å². The highest BCUT2D eigenvalue weighted by molar-refractivity contribution is 5.94. The van der Waals surface area contributed by atoms with Gasteiger partial charge >= 0.3 is 0 Å². The number of halogens is 2. The minimum absolute atomic E-state index is 0.0974. The molecule has 0 atom stereocenters. The number of nitrogens with zero attached hydrogens (tertiary/aromatic N) is 4. The molecule has 3 aromatic heterocycles. The first-order chi connectivity index (χ1) is 34.6. The summed E-state index contributed by atoms with van der Waals surface area (Å²) in [5.74, 6) is -1.22. The third-order valence-electron chi connectivity index (χ3n) is 13.2. The predicted molar refractivity (Wildman–Crippen MR) is 284 cm³/mol. The second kappa shape index (κ2) is 20.5. The van der Waals surface area contributed by atoms with Gasteiger partial charge in [0.15, 0.2) is 0 Å². The van der Waals surface area contributed by atoms with Gasteiger partial charge in [0.25, 0.3) is 0 Å². The SMILES string of the molecule is Cc1ccnc(-c2ccc(CCc3cc(CCc4ccc(-c5cc(C)ccn5)cc4)cc(-c4ccccc4-c4ccc(-c5cc(C)ccn5)cc4-c4ccc(-c5ccc(C#N)cc5F)c(F)c4)c3)cc2)c1. The predicted octanol–water partition coefficient (Wildman–Crippen LogP) is 16.2. The second-order valence-corrected chi connectivity index (χ2v) is 18.4. The maximum absolute atomic E-state index is 16.4. The lowest BCUT2D eigenvalue weighted by molar-refractivity contribution is 0.616. The van der Waals surface area contributed by atoms with Gasteiger partial charge in [-0.2, -0.15) is 5.26 Å². The van der Waals surface area contributed by atoms with Gasteiger partial charge in [0.1, 0.15) is 11.6 Å². The molecule has 0 saturated carbocycles. The van der Waals surface area contributed by atoms with E-state index in [4.69, 9.17) is 4.98 Å². The first-order valence-corrected chi connectivity index (χ1v) is 24.0. The molecule has 7 aromatic carbocycles. The standard InChI is InChI=1S/C65H50F2N4/c1-42-26-29-69-63(32-42)50-17-12-45(13-18-50)8-10-47-35-48(11-9-46-14-19-51(20-15-46)64-33-43(2)27-30-70-64)37-54(36-47)55-6-4-5-7-56(55)57-24-22-53(65-34-44(3)28-31-71-65)39-60(57)52-21-25-59(62(67)40-52)58-23-16-49(41-68)38-61(58)66/h4-7,12-40H,8-11H2,1-3H3. The lowest BCUT2D eigenvalue weighted by Crippen LogP contribution is -1.98. The van der Waals surface area contributed by atoms with Crippen molar-refractivity contribution in [1.29, 1.82) is 5.26 Å². The lowest BCUT2D eigenvalue weighted by Gasteiger charge is -2.18. The van der Waals surface area contributed by atoms with Gasteiger partial charge in [-0.15, -0.1) is 0 Å². The number of hydrogen-bond acceptors (Lipinski definition) is 4. The summed E-state index contributed by atoms with van der Waals surface area (Å²) >= 11 is 0. The summed E-state index contributed by atoms with van der Waals surface area (Å²) in [6, 6.07) is 62.5. The molecule has 0 unspecified atom stereocenters. The van der Waals surface area contributed by atoms with E-state index in [0.717, 1.165) is 98.9 Å². The fourth-order valence-corrected chi connectivity index (χ4v) is 9.40. The fraction of sp³-hybridized carbons (Fsp3) is 0.108. The highest BCUT2D eigenvalue weighted by Gasteiger charge is 2.19. The minimum Gasteiger partial charge on any atom is -0.256 e. The molecule has 3 heterocycles. The Morgan fingerprint density at radius 3 is 1.30 bits per heavy atom. The smallest absolute Gasteiger partial charge is 0.132 e. The molecule has 10 rings (SSSR count). The van der Waals surface area contributed by atoms with Gasteiger partial charge in [-0.25, -0.2) is 8.78 Å². The average molecular weight is 925 g/mol. The zero-order chi connectivity index (χ0) is 48.8. The molecule has 344 valence electrons. The Labute approximate surface area is 414 Å². The van der Waals surface area contributed by atoms with E-state index in [1.807, 2.05) is 61.8 Å². The van der Waals surface area contributed by atoms with Gasteiger partial charge in [0, 0.05) is 46.4 Å². The van der Waals surface area contributed by atoms with Crippen LogP contribution in [0.3, 0.4) is 0 Å². The highest BCUT2D eigenvalue weighted by atomic mass is 19.1. The molecule has 4 nitrogen and oxygen atoms in total. The molecular weight excluding hydrogens is 875 g/mol. The molecule has 10 aromatic rings. The number of pyridine rings is 3. The second-order valence-electron chi connectivity index (χ2n) is 18.4. The zero-order valence-corrected chi connectivity index (χ0v) is 39.9. The largest absolute Gasteiger partial charge is 0.256 e. The van der Waals surface area contributed by atoms with Crippen LogP contribution in [0.2, 0.25) is 0 Å². The quantitative estimate of drug-likeness (QED) is 0.116. The summed E-state index contributed by atoms with van der Waals surface area (Å²) in [5.41, 5.74) is 20.2. The van der Waals surface area contributed by atoms with Crippen LogP contribution < -0.4 is 0 Å². The van der Waals surface area contributed by atoms with Crippen LogP contribution in [0.4, 0.5) is 8.78 Å². The third kappa shape index (κ3) is 10.5. The van der Waals surface area contributed by atoms with Gasteiger partial charge in [0.05, 0.1) is 28.7 Å². The number of nitriles is 1. The van der Waals surface area contributed by atoms with E-state index in [-0.39, 0.29) is 16.7 Å². The molecule has 0 aliphatic rings. The molecule has 0 amide bonds. The normalized spacial score (nSPS) is 11.1. The Morgan fingerprint density at radius 1 is 0.352 bits per heavy atom. The summed E-state index contributed by atoms with van der Waals surface area (Å²) in [4.78, 5) is 13.9. The summed E-state index contributed by atoms with van der Waals surface area (Å²) in [6.07, 6.45) is 8.95. The molecule has 0 N–H and O–H groups in total. The van der Waals surface area contributed by atoms with Crippen molar-refractivity contribution in [1.82, 2.24) is 15.0 Å². The zero-order valence-electron chi connectivity index (χ0n) is 39.9. The molecule has 6 heteroatoms. The molecule has 0 aliphatic heterocycles. The molecule has 0 fully saturated rings. The third-order valence-corrected chi connectivity index (χ3v) is 13.2. The van der Waals surface area contributed by atoms with Crippen molar-refractivity contribution in [3.63, 3.8) is 0 Å². The molecule has 0 saturated heterocycles. The molecular formula is C65H50F2N4. The van der Waals surface area contributed by atoms with Crippen LogP contribution >= 0.6 is 0 Å². The van der Waals surface area contributed by atoms with Crippen LogP contribution in [0.5, 0.6) is 0 Å². The van der Waals surface area contributed by atoms with Crippen molar-refractivity contribution < 1.29 is 8.78 Å². The topological polar surface area (TPSA) is 62.5 Å². The number of hydrogen-bond donors (Lipinski definition) is 0. The highest BCUT2D eigenvalue weighted by Crippen LogP contribution is 2.42. The van der Waals surface area contributed by atoms with Gasteiger partial charge < -0.3 is 0 Å². The van der Waals surface area contributed by atoms with Gasteiger partial charge in [-0.3, -0.25) is 15.0 Å². The first kappa shape index (κ1) is 46.1. The van der Waals surface area contributed by atoms with E-state index in [1.165, 1.54) is 51.6 Å². The van der Waals surface area contributed by atoms with Crippen molar-refractivity contribution in [2.75, 3.05) is 0 Å². The Hall–Kier alpha value is -8.66. The Morgan fingerprint density at radius 2 is 0.789 bits per heavy atom. The number of aromatic nitrogens is 3. The molecule has 71 heavy (non-hydrogen) atoms. The molecule has 0 spiro atoms. The summed E-state index contributed by atoms with van der Waals surface area (Å²) < 4.78 is 31.6. The van der Waals surface area contributed by atoms with E-state index >= 15 is 8.78 Å². The average Bonchev–Trinajstić information content (AvgIpc) is 3.40. The van der Waals surface area contributed by atoms with Crippen molar-refractivity contribution in [3.8, 4) is 84.3 Å². The van der Waals surface area contributed by atoms with Crippen molar-refractivity contribution >= 4 is 0 Å². The summed E-state index contributed by atoms with van der Waals surface area (Å²) in [6.45, 7) is 6.21. The van der Waals surface area contributed by atoms with Gasteiger partial charge in [-0.1, -0.05) is 121 Å². The monoisotopic (exact) mass is 924 g/mol. The minimum atomic E-state index is -0.651. The van der Waals surface area contributed by atoms with E-state index in [1.54, 1.807) is 12.3 Å². The number of rotatable bonds is 13. The maximum atomic E-state index is 16.4. The van der Waals surface area contributed by atoms with Gasteiger partial charge in [-0.05, 0) is 179 Å². The summed E-state index contributed by atoms with van der Waals surface area (Å²) in [5, 5.41) is 9.32. The number of aryl methyl sites for hydroxylation is 7. The summed E-state index contributed by atoms with van der Waals surface area (Å²) in [7, 11) is 0. The molecule has 0 aliphatic carbocycles. The molecule has 0 radical (unpaired) electrons. The van der Waals surface area contributed by atoms with Crippen molar-refractivity contribution in [2.24, 2.45) is 0 Å². The van der Waals surface area contributed by atoms with Crippen LogP contribution in [0, 0.1) is 43.7 Å². The first-order valence-electron chi connectivity index (χ1n) is 24.0. The van der Waals surface area contributed by atoms with Crippen molar-refractivity contribution in [3.05, 3.63) is 257 Å². The van der Waals surface area contributed by atoms with E-state index < -0.39 is 11.6 Å². The Balaban J connectivity index is 1.03. The van der Waals surface area contributed by atoms with Crippen LogP contribution in [0.1, 0.15) is 44.5 Å². The maximum Gasteiger partial charge on any atom is 0.132 e. The van der Waals surface area contributed by atoms with Crippen LogP contribution in [0.15, 0.2) is 201 Å². The Bertz CT molecular complexity index is 3500. The van der Waals surface area contributed by atoms with Gasteiger partial charge in [0.2, 0.25) is 0 Å². The van der Waals surface area contributed by atoms with Crippen LogP contribution in [-0.4, -0.2) is 15.0 Å². The van der Waals surface area contributed by atoms with Crippen molar-refractivity contribution in [2.45, 2.75) is 46.5 Å². The van der Waals surface area contributed by atoms with Crippen LogP contribution in [0.25, 0.3) is 78.3 Å². The fourth-order valence-electron chi connectivity index (χ4n) is 9.40. The molecule has 0 bridgehead atoms. The van der Waals surface area contributed by atoms with E-state index in [2.05, 4.69) is 139 Å². The van der Waals surface area contributed by atoms with E-state index in [9.17, 15) is 5.26 Å². The number of benzene rings is 7. The lowest BCUT2D eigenvalue weighted by atomic mass is 9.86.